The summed E-state index contributed by atoms with van der Waals surface area (Å²) < 4.78 is 32.1. The molecule has 1 amide bonds. The highest BCUT2D eigenvalue weighted by molar-refractivity contribution is 7.12. The second kappa shape index (κ2) is 8.09. The largest absolute Gasteiger partial charge is 0.482 e. The van der Waals surface area contributed by atoms with E-state index in [1.54, 1.807) is 17.5 Å². The summed E-state index contributed by atoms with van der Waals surface area (Å²) in [6, 6.07) is 11.4. The van der Waals surface area contributed by atoms with Crippen LogP contribution in [-0.4, -0.2) is 18.3 Å². The molecular weight excluding hydrogens is 372 g/mol. The Balaban J connectivity index is 1.69. The molecule has 3 rings (SSSR count). The molecule has 0 radical (unpaired) electrons. The summed E-state index contributed by atoms with van der Waals surface area (Å²) in [6.07, 6.45) is 0. The highest BCUT2D eigenvalue weighted by Crippen LogP contribution is 2.28. The van der Waals surface area contributed by atoms with E-state index in [1.165, 1.54) is 6.07 Å². The monoisotopic (exact) mass is 387 g/mol. The number of hydrogen-bond acceptors (Lipinski definition) is 4. The van der Waals surface area contributed by atoms with E-state index in [1.807, 2.05) is 19.1 Å². The van der Waals surface area contributed by atoms with E-state index < -0.39 is 17.4 Å². The highest BCUT2D eigenvalue weighted by Gasteiger charge is 2.19. The van der Waals surface area contributed by atoms with Crippen molar-refractivity contribution < 1.29 is 23.1 Å². The fourth-order valence-corrected chi connectivity index (χ4v) is 3.23. The zero-order valence-electron chi connectivity index (χ0n) is 14.3. The van der Waals surface area contributed by atoms with Crippen LogP contribution < -0.4 is 10.1 Å². The minimum atomic E-state index is -0.838. The first-order valence-corrected chi connectivity index (χ1v) is 8.88. The van der Waals surface area contributed by atoms with Crippen LogP contribution in [0.4, 0.5) is 14.5 Å². The zero-order valence-corrected chi connectivity index (χ0v) is 15.1. The van der Waals surface area contributed by atoms with Gasteiger partial charge in [-0.1, -0.05) is 18.2 Å². The predicted molar refractivity (Wildman–Crippen MR) is 99.4 cm³/mol. The molecule has 0 saturated heterocycles. The van der Waals surface area contributed by atoms with Crippen LogP contribution in [0.3, 0.4) is 0 Å². The molecule has 0 fully saturated rings. The number of rotatable bonds is 6. The van der Waals surface area contributed by atoms with Crippen molar-refractivity contribution in [3.63, 3.8) is 0 Å². The van der Waals surface area contributed by atoms with E-state index in [4.69, 9.17) is 4.74 Å². The van der Waals surface area contributed by atoms with Gasteiger partial charge < -0.3 is 10.1 Å². The molecule has 0 aliphatic rings. The number of carbonyl (C=O) groups excluding carboxylic acids is 2. The van der Waals surface area contributed by atoms with Gasteiger partial charge in [-0.2, -0.15) is 0 Å². The lowest BCUT2D eigenvalue weighted by molar-refractivity contribution is -0.118. The molecule has 0 unspecified atom stereocenters. The highest BCUT2D eigenvalue weighted by atomic mass is 32.1. The molecule has 0 atom stereocenters. The Morgan fingerprint density at radius 2 is 1.78 bits per heavy atom. The first-order chi connectivity index (χ1) is 12.9. The SMILES string of the molecule is Cc1ccccc1NC(=O)COc1ccsc1C(=O)c1cc(F)cc(F)c1. The Morgan fingerprint density at radius 1 is 1.07 bits per heavy atom. The van der Waals surface area contributed by atoms with E-state index in [0.29, 0.717) is 11.8 Å². The molecule has 2 aromatic carbocycles. The number of ketones is 1. The maximum Gasteiger partial charge on any atom is 0.262 e. The lowest BCUT2D eigenvalue weighted by Gasteiger charge is -2.10. The number of ether oxygens (including phenoxy) is 1. The smallest absolute Gasteiger partial charge is 0.262 e. The number of carbonyl (C=O) groups is 2. The van der Waals surface area contributed by atoms with Crippen LogP contribution in [-0.2, 0) is 4.79 Å². The van der Waals surface area contributed by atoms with Crippen molar-refractivity contribution in [3.05, 3.63) is 81.5 Å². The van der Waals surface area contributed by atoms with Crippen LogP contribution in [0.25, 0.3) is 0 Å². The summed E-state index contributed by atoms with van der Waals surface area (Å²) in [4.78, 5) is 24.8. The predicted octanol–water partition coefficient (Wildman–Crippen LogP) is 4.58. The summed E-state index contributed by atoms with van der Waals surface area (Å²) in [5.41, 5.74) is 1.46. The van der Waals surface area contributed by atoms with Gasteiger partial charge in [0.05, 0.1) is 0 Å². The van der Waals surface area contributed by atoms with Gasteiger partial charge in [0.1, 0.15) is 22.3 Å². The average Bonchev–Trinajstić information content (AvgIpc) is 3.09. The van der Waals surface area contributed by atoms with Gasteiger partial charge in [-0.25, -0.2) is 8.78 Å². The van der Waals surface area contributed by atoms with Gasteiger partial charge in [-0.3, -0.25) is 9.59 Å². The van der Waals surface area contributed by atoms with E-state index >= 15 is 0 Å². The maximum atomic E-state index is 13.4. The summed E-state index contributed by atoms with van der Waals surface area (Å²) in [5, 5.41) is 4.33. The third kappa shape index (κ3) is 4.57. The Morgan fingerprint density at radius 3 is 2.48 bits per heavy atom. The molecule has 0 aliphatic heterocycles. The fourth-order valence-electron chi connectivity index (χ4n) is 2.44. The van der Waals surface area contributed by atoms with Crippen molar-refractivity contribution in [2.45, 2.75) is 6.92 Å². The molecule has 1 N–H and O–H groups in total. The second-order valence-corrected chi connectivity index (χ2v) is 6.67. The van der Waals surface area contributed by atoms with E-state index in [2.05, 4.69) is 5.32 Å². The molecule has 138 valence electrons. The van der Waals surface area contributed by atoms with Gasteiger partial charge in [-0.05, 0) is 42.1 Å². The normalized spacial score (nSPS) is 10.5. The number of nitrogens with one attached hydrogen (secondary N) is 1. The van der Waals surface area contributed by atoms with Crippen LogP contribution >= 0.6 is 11.3 Å². The van der Waals surface area contributed by atoms with Crippen LogP contribution in [0, 0.1) is 18.6 Å². The van der Waals surface area contributed by atoms with Crippen molar-refractivity contribution in [1.82, 2.24) is 0 Å². The zero-order chi connectivity index (χ0) is 19.4. The van der Waals surface area contributed by atoms with Gasteiger partial charge in [0.15, 0.2) is 6.61 Å². The number of thiophene rings is 1. The number of para-hydroxylation sites is 1. The van der Waals surface area contributed by atoms with Gasteiger partial charge in [0, 0.05) is 17.3 Å². The van der Waals surface area contributed by atoms with Gasteiger partial charge in [-0.15, -0.1) is 11.3 Å². The summed E-state index contributed by atoms with van der Waals surface area (Å²) >= 11 is 1.07. The molecular formula is C20H15F2NO3S. The Hall–Kier alpha value is -3.06. The Bertz CT molecular complexity index is 980. The van der Waals surface area contributed by atoms with E-state index in [-0.39, 0.29) is 28.7 Å². The molecule has 1 aromatic heterocycles. The quantitative estimate of drug-likeness (QED) is 0.630. The van der Waals surface area contributed by atoms with Crippen molar-refractivity contribution in [2.75, 3.05) is 11.9 Å². The standard InChI is InChI=1S/C20H15F2NO3S/c1-12-4-2-3-5-16(12)23-18(24)11-26-17-6-7-27-20(17)19(25)13-8-14(21)10-15(22)9-13/h2-10H,11H2,1H3,(H,23,24). The molecule has 0 saturated carbocycles. The number of benzene rings is 2. The summed E-state index contributed by atoms with van der Waals surface area (Å²) in [6.45, 7) is 1.56. The topological polar surface area (TPSA) is 55.4 Å². The number of aryl methyl sites for hydroxylation is 1. The molecule has 1 heterocycles. The van der Waals surface area contributed by atoms with E-state index in [9.17, 15) is 18.4 Å². The van der Waals surface area contributed by atoms with Crippen molar-refractivity contribution in [3.8, 4) is 5.75 Å². The van der Waals surface area contributed by atoms with Crippen molar-refractivity contribution in [1.29, 1.82) is 0 Å². The van der Waals surface area contributed by atoms with Crippen LogP contribution in [0.1, 0.15) is 20.8 Å². The van der Waals surface area contributed by atoms with Crippen LogP contribution in [0.2, 0.25) is 0 Å². The minimum Gasteiger partial charge on any atom is -0.482 e. The number of hydrogen-bond donors (Lipinski definition) is 1. The molecule has 4 nitrogen and oxygen atoms in total. The Kier molecular flexibility index (Phi) is 5.61. The van der Waals surface area contributed by atoms with Gasteiger partial charge in [0.25, 0.3) is 5.91 Å². The van der Waals surface area contributed by atoms with Gasteiger partial charge in [0.2, 0.25) is 5.78 Å². The average molecular weight is 387 g/mol. The molecule has 0 spiro atoms. The van der Waals surface area contributed by atoms with Gasteiger partial charge >= 0.3 is 0 Å². The Labute approximate surface area is 158 Å². The first-order valence-electron chi connectivity index (χ1n) is 8.00. The molecule has 0 bridgehead atoms. The number of anilines is 1. The van der Waals surface area contributed by atoms with Crippen LogP contribution in [0.15, 0.2) is 53.9 Å². The number of amides is 1. The second-order valence-electron chi connectivity index (χ2n) is 5.75. The lowest BCUT2D eigenvalue weighted by atomic mass is 10.1. The number of halogens is 2. The maximum absolute atomic E-state index is 13.4. The summed E-state index contributed by atoms with van der Waals surface area (Å²) in [7, 11) is 0. The van der Waals surface area contributed by atoms with Crippen LogP contribution in [0.5, 0.6) is 5.75 Å². The van der Waals surface area contributed by atoms with E-state index in [0.717, 1.165) is 29.0 Å². The minimum absolute atomic E-state index is 0.121. The third-order valence-corrected chi connectivity index (χ3v) is 4.63. The molecule has 7 heteroatoms. The fraction of sp³-hybridized carbons (Fsp3) is 0.100. The van der Waals surface area contributed by atoms with Crippen molar-refractivity contribution >= 4 is 28.7 Å². The lowest BCUT2D eigenvalue weighted by Crippen LogP contribution is -2.21. The third-order valence-electron chi connectivity index (χ3n) is 3.74. The summed E-state index contributed by atoms with van der Waals surface area (Å²) in [5.74, 6) is -2.44. The molecule has 3 aromatic rings. The van der Waals surface area contributed by atoms with Crippen molar-refractivity contribution in [2.24, 2.45) is 0 Å². The molecule has 27 heavy (non-hydrogen) atoms. The molecule has 0 aliphatic carbocycles. The first kappa shape index (κ1) is 18.7.